The van der Waals surface area contributed by atoms with Crippen LogP contribution in [0.15, 0.2) is 24.3 Å². The van der Waals surface area contributed by atoms with Crippen molar-refractivity contribution < 1.29 is 9.53 Å². The minimum absolute atomic E-state index is 0.0736. The second-order valence-corrected chi connectivity index (χ2v) is 5.06. The third-order valence-electron chi connectivity index (χ3n) is 3.45. The third kappa shape index (κ3) is 3.09. The van der Waals surface area contributed by atoms with E-state index in [1.807, 2.05) is 24.3 Å². The van der Waals surface area contributed by atoms with Crippen LogP contribution >= 0.6 is 0 Å². The second kappa shape index (κ2) is 5.35. The lowest BCUT2D eigenvalue weighted by atomic mass is 9.88. The summed E-state index contributed by atoms with van der Waals surface area (Å²) in [5.74, 6) is 1.56. The van der Waals surface area contributed by atoms with Gasteiger partial charge in [0, 0.05) is 0 Å². The minimum atomic E-state index is 0.0736. The molecular weight excluding hydrogens is 212 g/mol. The van der Waals surface area contributed by atoms with Crippen LogP contribution in [0, 0.1) is 5.92 Å². The van der Waals surface area contributed by atoms with Crippen molar-refractivity contribution in [2.45, 2.75) is 45.6 Å². The maximum absolute atomic E-state index is 11.5. The van der Waals surface area contributed by atoms with Crippen LogP contribution in [0.3, 0.4) is 0 Å². The van der Waals surface area contributed by atoms with Crippen LogP contribution in [0.5, 0.6) is 5.75 Å². The number of para-hydroxylation sites is 1. The Balaban J connectivity index is 2.10. The van der Waals surface area contributed by atoms with Crippen molar-refractivity contribution in [3.63, 3.8) is 0 Å². The van der Waals surface area contributed by atoms with Gasteiger partial charge in [-0.05, 0) is 44.2 Å². The van der Waals surface area contributed by atoms with E-state index >= 15 is 0 Å². The van der Waals surface area contributed by atoms with Gasteiger partial charge in [0.15, 0.2) is 5.78 Å². The number of Topliss-reactive ketones (excluding diaryl/α,β-unsaturated/α-hetero) is 1. The van der Waals surface area contributed by atoms with Crippen molar-refractivity contribution in [2.24, 2.45) is 5.92 Å². The Hall–Kier alpha value is -1.31. The van der Waals surface area contributed by atoms with Crippen LogP contribution in [-0.4, -0.2) is 11.9 Å². The smallest absolute Gasteiger partial charge is 0.163 e. The molecule has 17 heavy (non-hydrogen) atoms. The Morgan fingerprint density at radius 1 is 1.29 bits per heavy atom. The van der Waals surface area contributed by atoms with Gasteiger partial charge >= 0.3 is 0 Å². The summed E-state index contributed by atoms with van der Waals surface area (Å²) in [5.41, 5.74) is 0.700. The zero-order valence-corrected chi connectivity index (χ0v) is 10.6. The van der Waals surface area contributed by atoms with Gasteiger partial charge in [-0.15, -0.1) is 0 Å². The van der Waals surface area contributed by atoms with Gasteiger partial charge in [0.25, 0.3) is 0 Å². The van der Waals surface area contributed by atoms with Gasteiger partial charge < -0.3 is 4.74 Å². The molecule has 1 aromatic carbocycles. The van der Waals surface area contributed by atoms with Gasteiger partial charge in [0.05, 0.1) is 11.7 Å². The van der Waals surface area contributed by atoms with E-state index in [4.69, 9.17) is 4.74 Å². The summed E-state index contributed by atoms with van der Waals surface area (Å²) in [6.45, 7) is 3.86. The molecule has 0 saturated heterocycles. The molecule has 1 fully saturated rings. The predicted molar refractivity (Wildman–Crippen MR) is 68.5 cm³/mol. The van der Waals surface area contributed by atoms with Gasteiger partial charge in [-0.25, -0.2) is 0 Å². The number of hydrogen-bond donors (Lipinski definition) is 0. The molecule has 2 atom stereocenters. The number of ether oxygens (including phenoxy) is 1. The number of hydrogen-bond acceptors (Lipinski definition) is 2. The first kappa shape index (κ1) is 12.2. The fourth-order valence-electron chi connectivity index (χ4n) is 2.53. The van der Waals surface area contributed by atoms with Gasteiger partial charge in [0.1, 0.15) is 5.75 Å². The number of benzene rings is 1. The van der Waals surface area contributed by atoms with Gasteiger partial charge in [0.2, 0.25) is 0 Å². The summed E-state index contributed by atoms with van der Waals surface area (Å²) < 4.78 is 6.00. The number of carbonyl (C=O) groups is 1. The summed E-state index contributed by atoms with van der Waals surface area (Å²) >= 11 is 0. The summed E-state index contributed by atoms with van der Waals surface area (Å²) in [6.07, 6.45) is 5.02. The van der Waals surface area contributed by atoms with Crippen LogP contribution in [0.2, 0.25) is 0 Å². The van der Waals surface area contributed by atoms with E-state index in [1.54, 1.807) is 6.92 Å². The molecule has 2 unspecified atom stereocenters. The van der Waals surface area contributed by atoms with Crippen molar-refractivity contribution in [1.29, 1.82) is 0 Å². The molecule has 1 aromatic rings. The van der Waals surface area contributed by atoms with E-state index in [0.717, 1.165) is 24.5 Å². The summed E-state index contributed by atoms with van der Waals surface area (Å²) in [7, 11) is 0. The Labute approximate surface area is 103 Å². The van der Waals surface area contributed by atoms with Crippen LogP contribution in [0.25, 0.3) is 0 Å². The van der Waals surface area contributed by atoms with Crippen LogP contribution in [0.4, 0.5) is 0 Å². The second-order valence-electron chi connectivity index (χ2n) is 5.06. The molecule has 0 amide bonds. The average Bonchev–Trinajstić information content (AvgIpc) is 2.29. The SMILES string of the molecule is CC(=O)c1ccccc1OC1CCCC(C)C1. The normalized spacial score (nSPS) is 24.4. The van der Waals surface area contributed by atoms with Crippen LogP contribution in [-0.2, 0) is 0 Å². The molecule has 0 bridgehead atoms. The van der Waals surface area contributed by atoms with E-state index in [2.05, 4.69) is 6.92 Å². The maximum Gasteiger partial charge on any atom is 0.163 e. The Bertz CT molecular complexity index is 398. The first-order valence-corrected chi connectivity index (χ1v) is 6.43. The molecule has 0 heterocycles. The van der Waals surface area contributed by atoms with Crippen LogP contribution in [0.1, 0.15) is 49.9 Å². The van der Waals surface area contributed by atoms with Crippen molar-refractivity contribution in [1.82, 2.24) is 0 Å². The van der Waals surface area contributed by atoms with E-state index in [0.29, 0.717) is 5.56 Å². The van der Waals surface area contributed by atoms with Gasteiger partial charge in [-0.2, -0.15) is 0 Å². The topological polar surface area (TPSA) is 26.3 Å². The lowest BCUT2D eigenvalue weighted by Crippen LogP contribution is -2.24. The molecule has 0 spiro atoms. The number of rotatable bonds is 3. The third-order valence-corrected chi connectivity index (χ3v) is 3.45. The molecule has 1 aliphatic rings. The molecular formula is C15H20O2. The highest BCUT2D eigenvalue weighted by Crippen LogP contribution is 2.29. The number of carbonyl (C=O) groups excluding carboxylic acids is 1. The maximum atomic E-state index is 11.5. The lowest BCUT2D eigenvalue weighted by molar-refractivity contribution is 0.0993. The fraction of sp³-hybridized carbons (Fsp3) is 0.533. The lowest BCUT2D eigenvalue weighted by Gasteiger charge is -2.28. The highest BCUT2D eigenvalue weighted by Gasteiger charge is 2.21. The molecule has 0 aromatic heterocycles. The molecule has 92 valence electrons. The van der Waals surface area contributed by atoms with Gasteiger partial charge in [-0.1, -0.05) is 25.5 Å². The quantitative estimate of drug-likeness (QED) is 0.740. The Kier molecular flexibility index (Phi) is 3.82. The molecule has 2 nitrogen and oxygen atoms in total. The molecule has 2 heteroatoms. The highest BCUT2D eigenvalue weighted by molar-refractivity contribution is 5.96. The van der Waals surface area contributed by atoms with Crippen molar-refractivity contribution in [2.75, 3.05) is 0 Å². The summed E-state index contributed by atoms with van der Waals surface area (Å²) in [4.78, 5) is 11.5. The highest BCUT2D eigenvalue weighted by atomic mass is 16.5. The van der Waals surface area contributed by atoms with Crippen molar-refractivity contribution in [3.05, 3.63) is 29.8 Å². The van der Waals surface area contributed by atoms with E-state index in [9.17, 15) is 4.79 Å². The fourth-order valence-corrected chi connectivity index (χ4v) is 2.53. The van der Waals surface area contributed by atoms with E-state index in [-0.39, 0.29) is 11.9 Å². The largest absolute Gasteiger partial charge is 0.490 e. The molecule has 1 aliphatic carbocycles. The molecule has 0 N–H and O–H groups in total. The standard InChI is InChI=1S/C15H20O2/c1-11-6-5-7-13(10-11)17-15-9-4-3-8-14(15)12(2)16/h3-4,8-9,11,13H,5-7,10H2,1-2H3. The van der Waals surface area contributed by atoms with Crippen molar-refractivity contribution >= 4 is 5.78 Å². The number of ketones is 1. The van der Waals surface area contributed by atoms with Crippen molar-refractivity contribution in [3.8, 4) is 5.75 Å². The van der Waals surface area contributed by atoms with Crippen LogP contribution < -0.4 is 4.74 Å². The van der Waals surface area contributed by atoms with E-state index in [1.165, 1.54) is 12.8 Å². The Morgan fingerprint density at radius 2 is 2.06 bits per heavy atom. The summed E-state index contributed by atoms with van der Waals surface area (Å²) in [5, 5.41) is 0. The zero-order chi connectivity index (χ0) is 12.3. The predicted octanol–water partition coefficient (Wildman–Crippen LogP) is 3.85. The van der Waals surface area contributed by atoms with E-state index < -0.39 is 0 Å². The zero-order valence-electron chi connectivity index (χ0n) is 10.6. The Morgan fingerprint density at radius 3 is 2.76 bits per heavy atom. The van der Waals surface area contributed by atoms with Gasteiger partial charge in [-0.3, -0.25) is 4.79 Å². The first-order chi connectivity index (χ1) is 8.16. The first-order valence-electron chi connectivity index (χ1n) is 6.43. The molecule has 0 aliphatic heterocycles. The average molecular weight is 232 g/mol. The molecule has 2 rings (SSSR count). The molecule has 1 saturated carbocycles. The minimum Gasteiger partial charge on any atom is -0.490 e. The molecule has 0 radical (unpaired) electrons. The summed E-state index contributed by atoms with van der Waals surface area (Å²) in [6, 6.07) is 7.54. The monoisotopic (exact) mass is 232 g/mol.